The number of carbonyl (C=O) groups is 1. The van der Waals surface area contributed by atoms with E-state index >= 15 is 0 Å². The molecule has 1 aromatic heterocycles. The molecule has 1 saturated heterocycles. The Morgan fingerprint density at radius 3 is 3.10 bits per heavy atom. The van der Waals surface area contributed by atoms with Crippen LogP contribution >= 0.6 is 0 Å². The molecule has 1 aliphatic rings. The number of nitrogens with two attached hydrogens (primary N) is 1. The minimum Gasteiger partial charge on any atom is -0.399 e. The molecule has 1 unspecified atom stereocenters. The van der Waals surface area contributed by atoms with Gasteiger partial charge in [0.1, 0.15) is 5.69 Å². The van der Waals surface area contributed by atoms with Crippen molar-refractivity contribution in [1.29, 1.82) is 0 Å². The second-order valence-corrected chi connectivity index (χ2v) is 5.79. The summed E-state index contributed by atoms with van der Waals surface area (Å²) in [5.74, 6) is 0.522. The zero-order valence-corrected chi connectivity index (χ0v) is 12.4. The Labute approximate surface area is 124 Å². The summed E-state index contributed by atoms with van der Waals surface area (Å²) in [5, 5.41) is 4.00. The topological polar surface area (TPSA) is 74.2 Å². The molecule has 0 spiro atoms. The van der Waals surface area contributed by atoms with Gasteiger partial charge in [-0.3, -0.25) is 4.79 Å². The average molecular weight is 286 g/mol. The molecular weight excluding hydrogens is 264 g/mol. The van der Waals surface area contributed by atoms with Gasteiger partial charge >= 0.3 is 0 Å². The molecule has 2 aromatic rings. The molecule has 2 heterocycles. The first-order chi connectivity index (χ1) is 10.2. The van der Waals surface area contributed by atoms with Gasteiger partial charge < -0.3 is 20.9 Å². The number of hydrogen-bond acceptors (Lipinski definition) is 3. The Kier molecular flexibility index (Phi) is 3.84. The lowest BCUT2D eigenvalue weighted by atomic mass is 10.1. The molecule has 1 fully saturated rings. The summed E-state index contributed by atoms with van der Waals surface area (Å²) in [5.41, 5.74) is 8.00. The van der Waals surface area contributed by atoms with E-state index in [0.29, 0.717) is 17.3 Å². The maximum Gasteiger partial charge on any atom is 0.267 e. The Hall–Kier alpha value is -2.01. The van der Waals surface area contributed by atoms with Gasteiger partial charge in [-0.25, -0.2) is 0 Å². The molecule has 1 amide bonds. The van der Waals surface area contributed by atoms with Crippen LogP contribution in [0.4, 0.5) is 5.69 Å². The number of anilines is 1. The Balaban J connectivity index is 1.62. The highest BCUT2D eigenvalue weighted by Crippen LogP contribution is 2.19. The largest absolute Gasteiger partial charge is 0.399 e. The number of benzene rings is 1. The normalized spacial score (nSPS) is 19.2. The van der Waals surface area contributed by atoms with Crippen molar-refractivity contribution in [3.05, 3.63) is 30.0 Å². The molecule has 1 atom stereocenters. The minimum absolute atomic E-state index is 0.0419. The Morgan fingerprint density at radius 2 is 2.33 bits per heavy atom. The summed E-state index contributed by atoms with van der Waals surface area (Å²) in [6.45, 7) is 6.24. The van der Waals surface area contributed by atoms with Crippen LogP contribution in [0.3, 0.4) is 0 Å². The highest BCUT2D eigenvalue weighted by Gasteiger charge is 2.21. The fourth-order valence-electron chi connectivity index (χ4n) is 2.97. The summed E-state index contributed by atoms with van der Waals surface area (Å²) < 4.78 is 0. The predicted molar refractivity (Wildman–Crippen MR) is 85.3 cm³/mol. The maximum absolute atomic E-state index is 12.2. The van der Waals surface area contributed by atoms with E-state index in [4.69, 9.17) is 5.73 Å². The number of hydrogen-bond donors (Lipinski definition) is 3. The lowest BCUT2D eigenvalue weighted by molar-refractivity contribution is 0.0943. The van der Waals surface area contributed by atoms with Gasteiger partial charge in [0.15, 0.2) is 0 Å². The smallest absolute Gasteiger partial charge is 0.267 e. The van der Waals surface area contributed by atoms with Crippen LogP contribution in [0.15, 0.2) is 24.3 Å². The second kappa shape index (κ2) is 5.77. The zero-order chi connectivity index (χ0) is 14.8. The zero-order valence-electron chi connectivity index (χ0n) is 12.4. The lowest BCUT2D eigenvalue weighted by Crippen LogP contribution is -2.31. The second-order valence-electron chi connectivity index (χ2n) is 5.79. The van der Waals surface area contributed by atoms with Crippen molar-refractivity contribution >= 4 is 22.5 Å². The molecule has 3 rings (SSSR count). The molecule has 1 aromatic carbocycles. The van der Waals surface area contributed by atoms with Crippen LogP contribution in [0.5, 0.6) is 0 Å². The molecule has 0 radical (unpaired) electrons. The number of carbonyl (C=O) groups excluding carboxylic acids is 1. The van der Waals surface area contributed by atoms with E-state index in [0.717, 1.165) is 43.5 Å². The fourth-order valence-corrected chi connectivity index (χ4v) is 2.97. The van der Waals surface area contributed by atoms with E-state index in [1.165, 1.54) is 0 Å². The highest BCUT2D eigenvalue weighted by atomic mass is 16.1. The van der Waals surface area contributed by atoms with Gasteiger partial charge in [-0.05, 0) is 49.7 Å². The summed E-state index contributed by atoms with van der Waals surface area (Å²) in [6, 6.07) is 7.46. The molecule has 0 saturated carbocycles. The van der Waals surface area contributed by atoms with Crippen LogP contribution < -0.4 is 11.1 Å². The van der Waals surface area contributed by atoms with Gasteiger partial charge in [-0.1, -0.05) is 6.92 Å². The van der Waals surface area contributed by atoms with Crippen LogP contribution in [0.1, 0.15) is 23.8 Å². The molecule has 0 aliphatic carbocycles. The van der Waals surface area contributed by atoms with Crippen molar-refractivity contribution in [2.45, 2.75) is 13.3 Å². The number of amides is 1. The number of nitrogens with zero attached hydrogens (tertiary/aromatic N) is 1. The third kappa shape index (κ3) is 3.03. The standard InChI is InChI=1S/C16H22N4O/c1-2-20-6-5-11(10-20)9-18-16(21)15-8-12-7-13(17)3-4-14(12)19-15/h3-4,7-8,11,19H,2,5-6,9-10,17H2,1H3,(H,18,21). The van der Waals surface area contributed by atoms with Gasteiger partial charge in [0.25, 0.3) is 5.91 Å². The van der Waals surface area contributed by atoms with Gasteiger partial charge in [0, 0.05) is 29.7 Å². The molecular formula is C16H22N4O. The summed E-state index contributed by atoms with van der Waals surface area (Å²) in [4.78, 5) is 17.8. The molecule has 21 heavy (non-hydrogen) atoms. The SMILES string of the molecule is CCN1CCC(CNC(=O)c2cc3cc(N)ccc3[nH]2)C1. The lowest BCUT2D eigenvalue weighted by Gasteiger charge is -2.13. The fraction of sp³-hybridized carbons (Fsp3) is 0.438. The predicted octanol–water partition coefficient (Wildman–Crippen LogP) is 1.82. The van der Waals surface area contributed by atoms with E-state index in [-0.39, 0.29) is 5.91 Å². The van der Waals surface area contributed by atoms with E-state index in [1.807, 2.05) is 24.3 Å². The highest BCUT2D eigenvalue weighted by molar-refractivity contribution is 5.98. The van der Waals surface area contributed by atoms with Crippen molar-refractivity contribution in [3.63, 3.8) is 0 Å². The maximum atomic E-state index is 12.2. The number of fused-ring (bicyclic) bond motifs is 1. The third-order valence-electron chi connectivity index (χ3n) is 4.26. The number of aromatic amines is 1. The van der Waals surface area contributed by atoms with Gasteiger partial charge in [0.05, 0.1) is 0 Å². The van der Waals surface area contributed by atoms with Crippen molar-refractivity contribution < 1.29 is 4.79 Å². The first-order valence-electron chi connectivity index (χ1n) is 7.54. The minimum atomic E-state index is -0.0419. The van der Waals surface area contributed by atoms with E-state index in [2.05, 4.69) is 22.1 Å². The summed E-state index contributed by atoms with van der Waals surface area (Å²) in [6.07, 6.45) is 1.16. The molecule has 5 nitrogen and oxygen atoms in total. The van der Waals surface area contributed by atoms with Crippen molar-refractivity contribution in [3.8, 4) is 0 Å². The number of aromatic nitrogens is 1. The molecule has 112 valence electrons. The number of likely N-dealkylation sites (tertiary alicyclic amines) is 1. The number of H-pyrrole nitrogens is 1. The summed E-state index contributed by atoms with van der Waals surface area (Å²) >= 11 is 0. The molecule has 4 N–H and O–H groups in total. The van der Waals surface area contributed by atoms with E-state index in [9.17, 15) is 4.79 Å². The molecule has 5 heteroatoms. The van der Waals surface area contributed by atoms with Gasteiger partial charge in [-0.15, -0.1) is 0 Å². The Morgan fingerprint density at radius 1 is 1.48 bits per heavy atom. The van der Waals surface area contributed by atoms with Gasteiger partial charge in [-0.2, -0.15) is 0 Å². The van der Waals surface area contributed by atoms with E-state index in [1.54, 1.807) is 0 Å². The van der Waals surface area contributed by atoms with Crippen LogP contribution in [-0.2, 0) is 0 Å². The first-order valence-corrected chi connectivity index (χ1v) is 7.54. The number of nitrogens with one attached hydrogen (secondary N) is 2. The quantitative estimate of drug-likeness (QED) is 0.751. The average Bonchev–Trinajstić information content (AvgIpc) is 3.10. The Bertz CT molecular complexity index is 649. The first kappa shape index (κ1) is 13.9. The number of rotatable bonds is 4. The van der Waals surface area contributed by atoms with Crippen LogP contribution in [0.25, 0.3) is 10.9 Å². The van der Waals surface area contributed by atoms with Crippen LogP contribution in [0, 0.1) is 5.92 Å². The van der Waals surface area contributed by atoms with Crippen LogP contribution in [0.2, 0.25) is 0 Å². The van der Waals surface area contributed by atoms with Crippen molar-refractivity contribution in [2.24, 2.45) is 5.92 Å². The van der Waals surface area contributed by atoms with Crippen molar-refractivity contribution in [1.82, 2.24) is 15.2 Å². The van der Waals surface area contributed by atoms with Crippen LogP contribution in [-0.4, -0.2) is 42.0 Å². The monoisotopic (exact) mass is 286 g/mol. The third-order valence-corrected chi connectivity index (χ3v) is 4.26. The van der Waals surface area contributed by atoms with Gasteiger partial charge in [0.2, 0.25) is 0 Å². The molecule has 0 bridgehead atoms. The number of nitrogen functional groups attached to an aromatic ring is 1. The summed E-state index contributed by atoms with van der Waals surface area (Å²) in [7, 11) is 0. The van der Waals surface area contributed by atoms with Crippen molar-refractivity contribution in [2.75, 3.05) is 31.9 Å². The van der Waals surface area contributed by atoms with E-state index < -0.39 is 0 Å². The molecule has 1 aliphatic heterocycles.